The van der Waals surface area contributed by atoms with Crippen LogP contribution in [0.1, 0.15) is 60.8 Å². The SMILES string of the molecule is CCCC(=O)OC(CC)c1[nH]c2c(C(F)(F)F)cccc2c(=O)c1C(=O)Nc1nccs1. The van der Waals surface area contributed by atoms with E-state index in [-0.39, 0.29) is 29.1 Å². The van der Waals surface area contributed by atoms with Crippen LogP contribution in [0.4, 0.5) is 18.3 Å². The van der Waals surface area contributed by atoms with Crippen molar-refractivity contribution in [3.8, 4) is 0 Å². The Kier molecular flexibility index (Phi) is 6.97. The Bertz CT molecular complexity index is 1190. The van der Waals surface area contributed by atoms with E-state index in [1.165, 1.54) is 12.3 Å². The lowest BCUT2D eigenvalue weighted by molar-refractivity contribution is -0.150. The predicted molar refractivity (Wildman–Crippen MR) is 114 cm³/mol. The molecular weight excluding hydrogens is 447 g/mol. The van der Waals surface area contributed by atoms with Crippen molar-refractivity contribution in [1.29, 1.82) is 0 Å². The summed E-state index contributed by atoms with van der Waals surface area (Å²) in [6.07, 6.45) is -3.71. The minimum absolute atomic E-state index is 0.0861. The predicted octanol–water partition coefficient (Wildman–Crippen LogP) is 5.05. The number of hydrogen-bond donors (Lipinski definition) is 2. The van der Waals surface area contributed by atoms with E-state index in [0.29, 0.717) is 6.42 Å². The number of benzene rings is 1. The number of amides is 1. The van der Waals surface area contributed by atoms with Crippen LogP contribution in [0.2, 0.25) is 0 Å². The van der Waals surface area contributed by atoms with E-state index in [2.05, 4.69) is 15.3 Å². The first-order valence-corrected chi connectivity index (χ1v) is 10.7. The average Bonchev–Trinajstić information content (AvgIpc) is 3.24. The summed E-state index contributed by atoms with van der Waals surface area (Å²) in [6, 6.07) is 3.14. The van der Waals surface area contributed by atoms with Crippen LogP contribution in [-0.2, 0) is 15.7 Å². The molecule has 1 atom stereocenters. The van der Waals surface area contributed by atoms with Gasteiger partial charge in [0.15, 0.2) is 5.13 Å². The van der Waals surface area contributed by atoms with Gasteiger partial charge in [0.1, 0.15) is 11.7 Å². The summed E-state index contributed by atoms with van der Waals surface area (Å²) >= 11 is 1.11. The monoisotopic (exact) mass is 467 g/mol. The van der Waals surface area contributed by atoms with Gasteiger partial charge in [-0.2, -0.15) is 13.2 Å². The van der Waals surface area contributed by atoms with E-state index in [1.807, 2.05) is 0 Å². The summed E-state index contributed by atoms with van der Waals surface area (Å²) in [5.41, 5.74) is -3.06. The van der Waals surface area contributed by atoms with Crippen LogP contribution in [0, 0.1) is 0 Å². The highest BCUT2D eigenvalue weighted by Crippen LogP contribution is 2.35. The topological polar surface area (TPSA) is 101 Å². The van der Waals surface area contributed by atoms with Crippen molar-refractivity contribution in [3.05, 3.63) is 56.8 Å². The third-order valence-electron chi connectivity index (χ3n) is 4.67. The van der Waals surface area contributed by atoms with E-state index in [1.54, 1.807) is 19.2 Å². The number of anilines is 1. The molecular formula is C21H20F3N3O4S. The lowest BCUT2D eigenvalue weighted by atomic mass is 10.0. The van der Waals surface area contributed by atoms with Crippen molar-refractivity contribution < 1.29 is 27.5 Å². The first-order valence-electron chi connectivity index (χ1n) is 9.83. The van der Waals surface area contributed by atoms with Crippen LogP contribution >= 0.6 is 11.3 Å². The number of H-pyrrole nitrogens is 1. The quantitative estimate of drug-likeness (QED) is 0.474. The maximum absolute atomic E-state index is 13.6. The number of thiazole rings is 1. The summed E-state index contributed by atoms with van der Waals surface area (Å²) < 4.78 is 46.2. The molecule has 0 radical (unpaired) electrons. The molecule has 0 aliphatic heterocycles. The Balaban J connectivity index is 2.25. The number of alkyl halides is 3. The number of aromatic amines is 1. The van der Waals surface area contributed by atoms with Gasteiger partial charge in [0, 0.05) is 23.4 Å². The molecule has 0 aliphatic carbocycles. The van der Waals surface area contributed by atoms with Gasteiger partial charge in [-0.25, -0.2) is 4.98 Å². The zero-order valence-corrected chi connectivity index (χ0v) is 18.0. The smallest absolute Gasteiger partial charge is 0.418 e. The number of nitrogens with zero attached hydrogens (tertiary/aromatic N) is 1. The standard InChI is InChI=1S/C21H20F3N3O4S/c1-3-6-14(28)31-13(4-2)17-15(19(30)27-20-25-9-10-32-20)18(29)11-7-5-8-12(16(11)26-17)21(22,23)24/h5,7-10,13H,3-4,6H2,1-2H3,(H,26,29)(H,25,27,30). The molecule has 0 bridgehead atoms. The number of carbonyl (C=O) groups is 2. The number of halogens is 3. The number of carbonyl (C=O) groups excluding carboxylic acids is 2. The normalized spacial score (nSPS) is 12.5. The van der Waals surface area contributed by atoms with Gasteiger partial charge in [0.25, 0.3) is 5.91 Å². The highest BCUT2D eigenvalue weighted by molar-refractivity contribution is 7.13. The van der Waals surface area contributed by atoms with Gasteiger partial charge in [-0.3, -0.25) is 19.7 Å². The van der Waals surface area contributed by atoms with Gasteiger partial charge in [-0.05, 0) is 25.0 Å². The average molecular weight is 467 g/mol. The second-order valence-corrected chi connectivity index (χ2v) is 7.79. The molecule has 2 N–H and O–H groups in total. The first kappa shape index (κ1) is 23.5. The maximum atomic E-state index is 13.6. The largest absolute Gasteiger partial charge is 0.456 e. The Morgan fingerprint density at radius 2 is 2.03 bits per heavy atom. The molecule has 0 spiro atoms. The third-order valence-corrected chi connectivity index (χ3v) is 5.36. The minimum atomic E-state index is -4.75. The molecule has 0 aliphatic rings. The fraction of sp³-hybridized carbons (Fsp3) is 0.333. The minimum Gasteiger partial charge on any atom is -0.456 e. The van der Waals surface area contributed by atoms with Crippen molar-refractivity contribution >= 4 is 39.2 Å². The van der Waals surface area contributed by atoms with Crippen molar-refractivity contribution in [2.75, 3.05) is 5.32 Å². The molecule has 1 aromatic carbocycles. The molecule has 11 heteroatoms. The van der Waals surface area contributed by atoms with Crippen LogP contribution in [0.5, 0.6) is 0 Å². The summed E-state index contributed by atoms with van der Waals surface area (Å²) in [5, 5.41) is 3.99. The molecule has 2 aromatic heterocycles. The van der Waals surface area contributed by atoms with Crippen LogP contribution in [-0.4, -0.2) is 21.8 Å². The molecule has 1 unspecified atom stereocenters. The van der Waals surface area contributed by atoms with E-state index in [9.17, 15) is 27.6 Å². The van der Waals surface area contributed by atoms with Crippen LogP contribution in [0.3, 0.4) is 0 Å². The lowest BCUT2D eigenvalue weighted by Crippen LogP contribution is -2.28. The number of esters is 1. The fourth-order valence-electron chi connectivity index (χ4n) is 3.25. The van der Waals surface area contributed by atoms with Crippen molar-refractivity contribution in [2.45, 2.75) is 45.4 Å². The highest BCUT2D eigenvalue weighted by Gasteiger charge is 2.35. The van der Waals surface area contributed by atoms with Gasteiger partial charge < -0.3 is 9.72 Å². The molecule has 1 amide bonds. The van der Waals surface area contributed by atoms with Crippen LogP contribution < -0.4 is 10.7 Å². The van der Waals surface area contributed by atoms with Crippen LogP contribution in [0.25, 0.3) is 10.9 Å². The summed E-state index contributed by atoms with van der Waals surface area (Å²) in [4.78, 5) is 44.8. The Morgan fingerprint density at radius 1 is 1.28 bits per heavy atom. The number of hydrogen-bond acceptors (Lipinski definition) is 6. The zero-order valence-electron chi connectivity index (χ0n) is 17.2. The molecule has 2 heterocycles. The number of fused-ring (bicyclic) bond motifs is 1. The first-order chi connectivity index (χ1) is 15.2. The van der Waals surface area contributed by atoms with E-state index < -0.39 is 46.2 Å². The number of nitrogens with one attached hydrogen (secondary N) is 2. The molecule has 3 aromatic rings. The number of aromatic nitrogens is 2. The van der Waals surface area contributed by atoms with Crippen molar-refractivity contribution in [3.63, 3.8) is 0 Å². The summed E-state index contributed by atoms with van der Waals surface area (Å²) in [6.45, 7) is 3.40. The Morgan fingerprint density at radius 3 is 2.62 bits per heavy atom. The summed E-state index contributed by atoms with van der Waals surface area (Å²) in [7, 11) is 0. The maximum Gasteiger partial charge on any atom is 0.418 e. The van der Waals surface area contributed by atoms with Crippen molar-refractivity contribution in [2.24, 2.45) is 0 Å². The van der Waals surface area contributed by atoms with Crippen molar-refractivity contribution in [1.82, 2.24) is 9.97 Å². The number of para-hydroxylation sites is 1. The second-order valence-electron chi connectivity index (χ2n) is 6.90. The Hall–Kier alpha value is -3.21. The van der Waals surface area contributed by atoms with E-state index >= 15 is 0 Å². The van der Waals surface area contributed by atoms with Gasteiger partial charge in [0.2, 0.25) is 5.43 Å². The molecule has 170 valence electrons. The Labute approximate surface area is 184 Å². The fourth-order valence-corrected chi connectivity index (χ4v) is 3.77. The second kappa shape index (κ2) is 9.51. The van der Waals surface area contributed by atoms with Gasteiger partial charge >= 0.3 is 12.1 Å². The molecule has 32 heavy (non-hydrogen) atoms. The summed E-state index contributed by atoms with van der Waals surface area (Å²) in [5.74, 6) is -1.45. The van der Waals surface area contributed by atoms with E-state index in [0.717, 1.165) is 23.5 Å². The molecule has 0 fully saturated rings. The lowest BCUT2D eigenvalue weighted by Gasteiger charge is -2.21. The molecule has 0 saturated heterocycles. The molecule has 0 saturated carbocycles. The van der Waals surface area contributed by atoms with E-state index in [4.69, 9.17) is 4.74 Å². The van der Waals surface area contributed by atoms with Gasteiger partial charge in [-0.15, -0.1) is 11.3 Å². The zero-order chi connectivity index (χ0) is 23.5. The number of rotatable bonds is 7. The number of ether oxygens (including phenoxy) is 1. The highest BCUT2D eigenvalue weighted by atomic mass is 32.1. The molecule has 7 nitrogen and oxygen atoms in total. The van der Waals surface area contributed by atoms with Gasteiger partial charge in [0.05, 0.1) is 16.8 Å². The molecule has 3 rings (SSSR count). The number of pyridine rings is 1. The third kappa shape index (κ3) is 4.82. The van der Waals surface area contributed by atoms with Gasteiger partial charge in [-0.1, -0.05) is 19.9 Å². The van der Waals surface area contributed by atoms with Crippen LogP contribution in [0.15, 0.2) is 34.6 Å².